The highest BCUT2D eigenvalue weighted by atomic mass is 16.5. The molecule has 27 heavy (non-hydrogen) atoms. The molecule has 140 valence electrons. The Kier molecular flexibility index (Phi) is 5.12. The number of furan rings is 1. The molecule has 0 bridgehead atoms. The van der Waals surface area contributed by atoms with E-state index in [-0.39, 0.29) is 5.91 Å². The van der Waals surface area contributed by atoms with Gasteiger partial charge in [-0.05, 0) is 49.2 Å². The van der Waals surface area contributed by atoms with Crippen molar-refractivity contribution in [2.75, 3.05) is 20.2 Å². The molecule has 1 N–H and O–H groups in total. The van der Waals surface area contributed by atoms with Crippen LogP contribution in [0.2, 0.25) is 0 Å². The first kappa shape index (κ1) is 17.6. The summed E-state index contributed by atoms with van der Waals surface area (Å²) in [6, 6.07) is 15.8. The van der Waals surface area contributed by atoms with Gasteiger partial charge in [0.2, 0.25) is 0 Å². The molecule has 1 aromatic heterocycles. The fraction of sp³-hybridized carbons (Fsp3) is 0.318. The second-order valence-corrected chi connectivity index (χ2v) is 6.97. The second kappa shape index (κ2) is 7.84. The predicted molar refractivity (Wildman–Crippen MR) is 105 cm³/mol. The summed E-state index contributed by atoms with van der Waals surface area (Å²) in [5, 5.41) is 3.77. The van der Waals surface area contributed by atoms with E-state index >= 15 is 0 Å². The SMILES string of the molecule is COc1cccc2cc(C(=O)NCc3ccc(CN4CCCC4)cc3)oc12. The molecule has 2 aromatic carbocycles. The van der Waals surface area contributed by atoms with Gasteiger partial charge in [-0.25, -0.2) is 0 Å². The topological polar surface area (TPSA) is 54.7 Å². The van der Waals surface area contributed by atoms with E-state index in [2.05, 4.69) is 34.5 Å². The van der Waals surface area contributed by atoms with Crippen molar-refractivity contribution in [3.8, 4) is 5.75 Å². The summed E-state index contributed by atoms with van der Waals surface area (Å²) < 4.78 is 11.0. The average Bonchev–Trinajstić information content (AvgIpc) is 3.36. The fourth-order valence-electron chi connectivity index (χ4n) is 3.54. The minimum atomic E-state index is -0.227. The summed E-state index contributed by atoms with van der Waals surface area (Å²) in [6.45, 7) is 3.87. The Balaban J connectivity index is 1.37. The number of amides is 1. The molecule has 1 saturated heterocycles. The van der Waals surface area contributed by atoms with E-state index < -0.39 is 0 Å². The van der Waals surface area contributed by atoms with E-state index in [1.54, 1.807) is 13.2 Å². The number of fused-ring (bicyclic) bond motifs is 1. The standard InChI is InChI=1S/C22H24N2O3/c1-26-19-6-4-5-18-13-20(27-21(18)19)22(25)23-14-16-7-9-17(10-8-16)15-24-11-2-3-12-24/h4-10,13H,2-3,11-12,14-15H2,1H3,(H,23,25). The first-order chi connectivity index (χ1) is 13.2. The van der Waals surface area contributed by atoms with Crippen molar-refractivity contribution in [3.63, 3.8) is 0 Å². The summed E-state index contributed by atoms with van der Waals surface area (Å²) in [5.74, 6) is 0.690. The van der Waals surface area contributed by atoms with Gasteiger partial charge in [0.15, 0.2) is 17.1 Å². The molecule has 1 fully saturated rings. The molecule has 0 aliphatic carbocycles. The molecule has 4 rings (SSSR count). The van der Waals surface area contributed by atoms with Crippen LogP contribution in [0.1, 0.15) is 34.5 Å². The summed E-state index contributed by atoms with van der Waals surface area (Å²) in [7, 11) is 1.59. The van der Waals surface area contributed by atoms with E-state index in [1.807, 2.05) is 18.2 Å². The van der Waals surface area contributed by atoms with Crippen LogP contribution in [0.5, 0.6) is 5.75 Å². The van der Waals surface area contributed by atoms with Gasteiger partial charge in [0.1, 0.15) is 0 Å². The van der Waals surface area contributed by atoms with Gasteiger partial charge in [-0.15, -0.1) is 0 Å². The number of hydrogen-bond donors (Lipinski definition) is 1. The number of methoxy groups -OCH3 is 1. The van der Waals surface area contributed by atoms with Gasteiger partial charge < -0.3 is 14.5 Å². The largest absolute Gasteiger partial charge is 0.493 e. The van der Waals surface area contributed by atoms with E-state index in [0.717, 1.165) is 17.5 Å². The Morgan fingerprint density at radius 2 is 1.85 bits per heavy atom. The molecule has 0 radical (unpaired) electrons. The van der Waals surface area contributed by atoms with E-state index in [0.29, 0.717) is 23.6 Å². The van der Waals surface area contributed by atoms with Crippen LogP contribution < -0.4 is 10.1 Å². The van der Waals surface area contributed by atoms with Gasteiger partial charge in [-0.1, -0.05) is 36.4 Å². The maximum absolute atomic E-state index is 12.4. The fourth-order valence-corrected chi connectivity index (χ4v) is 3.54. The highest BCUT2D eigenvalue weighted by Gasteiger charge is 2.15. The van der Waals surface area contributed by atoms with E-state index in [4.69, 9.17) is 9.15 Å². The van der Waals surface area contributed by atoms with Crippen LogP contribution in [0, 0.1) is 0 Å². The summed E-state index contributed by atoms with van der Waals surface area (Å²) >= 11 is 0. The first-order valence-corrected chi connectivity index (χ1v) is 9.38. The van der Waals surface area contributed by atoms with Crippen molar-refractivity contribution in [1.82, 2.24) is 10.2 Å². The Hall–Kier alpha value is -2.79. The molecule has 0 spiro atoms. The molecule has 1 amide bonds. The lowest BCUT2D eigenvalue weighted by atomic mass is 10.1. The van der Waals surface area contributed by atoms with Gasteiger partial charge in [0, 0.05) is 18.5 Å². The van der Waals surface area contributed by atoms with E-state index in [1.165, 1.54) is 31.5 Å². The quantitative estimate of drug-likeness (QED) is 0.719. The molecule has 3 aromatic rings. The van der Waals surface area contributed by atoms with Crippen molar-refractivity contribution in [3.05, 3.63) is 65.4 Å². The van der Waals surface area contributed by atoms with Crippen LogP contribution in [0.4, 0.5) is 0 Å². The third kappa shape index (κ3) is 3.98. The zero-order valence-electron chi connectivity index (χ0n) is 15.5. The zero-order valence-corrected chi connectivity index (χ0v) is 15.5. The Morgan fingerprint density at radius 1 is 1.11 bits per heavy atom. The highest BCUT2D eigenvalue weighted by Crippen LogP contribution is 2.28. The van der Waals surface area contributed by atoms with Crippen LogP contribution in [0.3, 0.4) is 0 Å². The number of likely N-dealkylation sites (tertiary alicyclic amines) is 1. The van der Waals surface area contributed by atoms with Crippen molar-refractivity contribution in [1.29, 1.82) is 0 Å². The normalized spacial score (nSPS) is 14.6. The molecule has 0 saturated carbocycles. The molecule has 0 unspecified atom stereocenters. The number of carbonyl (C=O) groups excluding carboxylic acids is 1. The highest BCUT2D eigenvalue weighted by molar-refractivity contribution is 5.97. The van der Waals surface area contributed by atoms with Gasteiger partial charge in [0.05, 0.1) is 7.11 Å². The third-order valence-electron chi connectivity index (χ3n) is 5.03. The molecule has 5 nitrogen and oxygen atoms in total. The van der Waals surface area contributed by atoms with Crippen LogP contribution in [0.25, 0.3) is 11.0 Å². The van der Waals surface area contributed by atoms with Crippen LogP contribution in [-0.2, 0) is 13.1 Å². The number of para-hydroxylation sites is 1. The molecule has 5 heteroatoms. The van der Waals surface area contributed by atoms with Gasteiger partial charge in [-0.2, -0.15) is 0 Å². The Morgan fingerprint density at radius 3 is 2.59 bits per heavy atom. The summed E-state index contributed by atoms with van der Waals surface area (Å²) in [4.78, 5) is 14.9. The predicted octanol–water partition coefficient (Wildman–Crippen LogP) is 3.97. The Bertz CT molecular complexity index is 924. The monoisotopic (exact) mass is 364 g/mol. The molecular weight excluding hydrogens is 340 g/mol. The number of rotatable bonds is 6. The molecule has 2 heterocycles. The maximum Gasteiger partial charge on any atom is 0.287 e. The number of benzene rings is 2. The first-order valence-electron chi connectivity index (χ1n) is 9.38. The molecule has 1 aliphatic heterocycles. The van der Waals surface area contributed by atoms with Crippen LogP contribution in [-0.4, -0.2) is 31.0 Å². The smallest absolute Gasteiger partial charge is 0.287 e. The van der Waals surface area contributed by atoms with E-state index in [9.17, 15) is 4.79 Å². The average molecular weight is 364 g/mol. The van der Waals surface area contributed by atoms with Crippen molar-refractivity contribution < 1.29 is 13.9 Å². The lowest BCUT2D eigenvalue weighted by Gasteiger charge is -2.14. The lowest BCUT2D eigenvalue weighted by Crippen LogP contribution is -2.22. The van der Waals surface area contributed by atoms with Crippen molar-refractivity contribution >= 4 is 16.9 Å². The van der Waals surface area contributed by atoms with Gasteiger partial charge in [0.25, 0.3) is 5.91 Å². The number of carbonyl (C=O) groups is 1. The number of ether oxygens (including phenoxy) is 1. The number of hydrogen-bond acceptors (Lipinski definition) is 4. The molecule has 0 atom stereocenters. The molecular formula is C22H24N2O3. The van der Waals surface area contributed by atoms with Crippen molar-refractivity contribution in [2.45, 2.75) is 25.9 Å². The molecule has 1 aliphatic rings. The minimum Gasteiger partial charge on any atom is -0.493 e. The minimum absolute atomic E-state index is 0.227. The maximum atomic E-state index is 12.4. The zero-order chi connectivity index (χ0) is 18.6. The summed E-state index contributed by atoms with van der Waals surface area (Å²) in [5.41, 5.74) is 2.98. The van der Waals surface area contributed by atoms with Gasteiger partial charge >= 0.3 is 0 Å². The second-order valence-electron chi connectivity index (χ2n) is 6.97. The number of nitrogens with zero attached hydrogens (tertiary/aromatic N) is 1. The number of nitrogens with one attached hydrogen (secondary N) is 1. The third-order valence-corrected chi connectivity index (χ3v) is 5.03. The van der Waals surface area contributed by atoms with Crippen LogP contribution >= 0.6 is 0 Å². The summed E-state index contributed by atoms with van der Waals surface area (Å²) in [6.07, 6.45) is 2.61. The van der Waals surface area contributed by atoms with Crippen molar-refractivity contribution in [2.24, 2.45) is 0 Å². The Labute approximate surface area is 158 Å². The van der Waals surface area contributed by atoms with Crippen LogP contribution in [0.15, 0.2) is 52.9 Å². The lowest BCUT2D eigenvalue weighted by molar-refractivity contribution is 0.0925. The van der Waals surface area contributed by atoms with Gasteiger partial charge in [-0.3, -0.25) is 9.69 Å².